The molecule has 1 aliphatic carbocycles. The molecule has 21 heavy (non-hydrogen) atoms. The minimum absolute atomic E-state index is 0.0745. The number of hydrogen-bond donors (Lipinski definition) is 3. The number of phenols is 1. The van der Waals surface area contributed by atoms with Gasteiger partial charge in [-0.2, -0.15) is 0 Å². The number of carbonyl (C=O) groups is 2. The molecule has 1 unspecified atom stereocenters. The van der Waals surface area contributed by atoms with E-state index in [0.717, 1.165) is 0 Å². The topological polar surface area (TPSA) is 87.7 Å². The number of hydrogen-bond acceptors (Lipinski definition) is 4. The highest BCUT2D eigenvalue weighted by molar-refractivity contribution is 5.91. The van der Waals surface area contributed by atoms with E-state index in [1.807, 2.05) is 0 Å². The molecule has 1 atom stereocenters. The molecule has 0 aromatic heterocycles. The Hall–Kier alpha value is -2.76. The van der Waals surface area contributed by atoms with Gasteiger partial charge in [-0.25, -0.2) is 4.79 Å². The molecule has 6 heteroatoms. The predicted molar refractivity (Wildman–Crippen MR) is 77.6 cm³/mol. The highest BCUT2D eigenvalue weighted by Gasteiger charge is 2.18. The Labute approximate surface area is 122 Å². The Morgan fingerprint density at radius 2 is 2.14 bits per heavy atom. The predicted octanol–water partition coefficient (Wildman–Crippen LogP) is 2.15. The lowest BCUT2D eigenvalue weighted by Crippen LogP contribution is -2.28. The number of allylic oxidation sites excluding steroid dienone is 2. The maximum atomic E-state index is 11.8. The van der Waals surface area contributed by atoms with E-state index in [4.69, 9.17) is 0 Å². The van der Waals surface area contributed by atoms with Crippen molar-refractivity contribution in [3.63, 3.8) is 0 Å². The molecule has 2 rings (SSSR count). The van der Waals surface area contributed by atoms with E-state index in [0.29, 0.717) is 17.8 Å². The normalized spacial score (nSPS) is 16.8. The number of urea groups is 1. The van der Waals surface area contributed by atoms with Crippen molar-refractivity contribution >= 4 is 17.7 Å². The minimum atomic E-state index is -0.423. The van der Waals surface area contributed by atoms with Crippen LogP contribution < -0.4 is 10.6 Å². The molecule has 0 spiro atoms. The number of nitrogens with one attached hydrogen (secondary N) is 2. The van der Waals surface area contributed by atoms with Crippen LogP contribution in [0.3, 0.4) is 0 Å². The molecule has 0 heterocycles. The van der Waals surface area contributed by atoms with Crippen LogP contribution in [0.15, 0.2) is 48.2 Å². The van der Waals surface area contributed by atoms with E-state index in [1.54, 1.807) is 30.4 Å². The first kappa shape index (κ1) is 14.6. The lowest BCUT2D eigenvalue weighted by molar-refractivity contribution is -0.143. The van der Waals surface area contributed by atoms with Crippen LogP contribution in [0.2, 0.25) is 0 Å². The van der Waals surface area contributed by atoms with Crippen LogP contribution in [0.5, 0.6) is 5.75 Å². The lowest BCUT2D eigenvalue weighted by atomic mass is 10.00. The van der Waals surface area contributed by atoms with E-state index in [-0.39, 0.29) is 17.6 Å². The first-order valence-corrected chi connectivity index (χ1v) is 6.41. The Kier molecular flexibility index (Phi) is 4.61. The van der Waals surface area contributed by atoms with E-state index in [1.165, 1.54) is 19.2 Å². The minimum Gasteiger partial charge on any atom is -0.508 e. The summed E-state index contributed by atoms with van der Waals surface area (Å²) in [6.45, 7) is 0. The second kappa shape index (κ2) is 6.60. The first-order chi connectivity index (χ1) is 10.1. The van der Waals surface area contributed by atoms with Crippen molar-refractivity contribution in [1.82, 2.24) is 5.32 Å². The molecule has 1 aromatic carbocycles. The molecule has 2 amide bonds. The van der Waals surface area contributed by atoms with Gasteiger partial charge in [0.25, 0.3) is 0 Å². The zero-order chi connectivity index (χ0) is 15.2. The smallest absolute Gasteiger partial charge is 0.323 e. The average Bonchev–Trinajstić information content (AvgIpc) is 2.47. The highest BCUT2D eigenvalue weighted by Crippen LogP contribution is 2.17. The Morgan fingerprint density at radius 3 is 2.76 bits per heavy atom. The van der Waals surface area contributed by atoms with Gasteiger partial charge < -0.3 is 20.5 Å². The van der Waals surface area contributed by atoms with Crippen molar-refractivity contribution in [2.45, 2.75) is 6.42 Å². The molecule has 1 aliphatic rings. The third-order valence-corrected chi connectivity index (χ3v) is 2.97. The number of methoxy groups -OCH3 is 1. The standard InChI is InChI=1S/C15H16N2O4/c1-21-14(19)10-5-7-11(8-6-10)16-15(20)17-12-3-2-4-13(18)9-12/h2-5,7-10,18H,6H2,1H3,(H2,16,17,20). The van der Waals surface area contributed by atoms with Gasteiger partial charge in [-0.05, 0) is 24.6 Å². The van der Waals surface area contributed by atoms with Gasteiger partial charge in [0.1, 0.15) is 5.75 Å². The number of rotatable bonds is 3. The number of aromatic hydroxyl groups is 1. The molecule has 1 aromatic rings. The van der Waals surface area contributed by atoms with Crippen LogP contribution in [0, 0.1) is 5.92 Å². The molecule has 0 fully saturated rings. The van der Waals surface area contributed by atoms with E-state index in [9.17, 15) is 14.7 Å². The quantitative estimate of drug-likeness (QED) is 0.744. The van der Waals surface area contributed by atoms with Gasteiger partial charge in [0.15, 0.2) is 0 Å². The summed E-state index contributed by atoms with van der Waals surface area (Å²) in [6.07, 6.45) is 5.58. The second-order valence-electron chi connectivity index (χ2n) is 4.51. The van der Waals surface area contributed by atoms with Crippen molar-refractivity contribution < 1.29 is 19.4 Å². The number of esters is 1. The summed E-state index contributed by atoms with van der Waals surface area (Å²) in [5, 5.41) is 14.6. The van der Waals surface area contributed by atoms with Crippen LogP contribution >= 0.6 is 0 Å². The van der Waals surface area contributed by atoms with Crippen molar-refractivity contribution in [3.8, 4) is 5.75 Å². The number of phenolic OH excluding ortho intramolecular Hbond substituents is 1. The van der Waals surface area contributed by atoms with Gasteiger partial charge >= 0.3 is 12.0 Å². The van der Waals surface area contributed by atoms with Crippen molar-refractivity contribution in [2.24, 2.45) is 5.92 Å². The fourth-order valence-electron chi connectivity index (χ4n) is 1.92. The molecule has 0 bridgehead atoms. The molecular formula is C15H16N2O4. The summed E-state index contributed by atoms with van der Waals surface area (Å²) in [5.74, 6) is -0.536. The Morgan fingerprint density at radius 1 is 1.33 bits per heavy atom. The molecule has 0 radical (unpaired) electrons. The fraction of sp³-hybridized carbons (Fsp3) is 0.200. The molecule has 0 aliphatic heterocycles. The van der Waals surface area contributed by atoms with Gasteiger partial charge in [0.2, 0.25) is 0 Å². The summed E-state index contributed by atoms with van der Waals surface area (Å²) >= 11 is 0. The van der Waals surface area contributed by atoms with Crippen molar-refractivity contribution in [1.29, 1.82) is 0 Å². The maximum absolute atomic E-state index is 11.8. The number of ether oxygens (including phenoxy) is 1. The van der Waals surface area contributed by atoms with Crippen molar-refractivity contribution in [2.75, 3.05) is 12.4 Å². The van der Waals surface area contributed by atoms with Gasteiger partial charge in [-0.15, -0.1) is 0 Å². The molecular weight excluding hydrogens is 272 g/mol. The molecule has 0 saturated heterocycles. The largest absolute Gasteiger partial charge is 0.508 e. The zero-order valence-corrected chi connectivity index (χ0v) is 11.5. The summed E-state index contributed by atoms with van der Waals surface area (Å²) in [7, 11) is 1.34. The number of anilines is 1. The lowest BCUT2D eigenvalue weighted by Gasteiger charge is -2.15. The summed E-state index contributed by atoms with van der Waals surface area (Å²) in [5.41, 5.74) is 1.09. The van der Waals surface area contributed by atoms with Crippen molar-refractivity contribution in [3.05, 3.63) is 48.2 Å². The van der Waals surface area contributed by atoms with Gasteiger partial charge in [0, 0.05) is 17.5 Å². The van der Waals surface area contributed by atoms with E-state index in [2.05, 4.69) is 15.4 Å². The first-order valence-electron chi connectivity index (χ1n) is 6.41. The second-order valence-corrected chi connectivity index (χ2v) is 4.51. The SMILES string of the molecule is COC(=O)C1C=CC(NC(=O)Nc2cccc(O)c2)=CC1. The molecule has 110 valence electrons. The highest BCUT2D eigenvalue weighted by atomic mass is 16.5. The van der Waals surface area contributed by atoms with Crippen LogP contribution in [0.4, 0.5) is 10.5 Å². The monoisotopic (exact) mass is 288 g/mol. The van der Waals surface area contributed by atoms with E-state index < -0.39 is 6.03 Å². The van der Waals surface area contributed by atoms with Gasteiger partial charge in [-0.3, -0.25) is 4.79 Å². The number of benzene rings is 1. The Balaban J connectivity index is 1.88. The third-order valence-electron chi connectivity index (χ3n) is 2.97. The summed E-state index contributed by atoms with van der Waals surface area (Å²) in [4.78, 5) is 23.1. The molecule has 0 saturated carbocycles. The van der Waals surface area contributed by atoms with Crippen LogP contribution in [-0.4, -0.2) is 24.2 Å². The Bertz CT molecular complexity index is 607. The summed E-state index contributed by atoms with van der Waals surface area (Å²) < 4.78 is 4.65. The number of carbonyl (C=O) groups excluding carboxylic acids is 2. The van der Waals surface area contributed by atoms with Gasteiger partial charge in [-0.1, -0.05) is 18.2 Å². The fourth-order valence-corrected chi connectivity index (χ4v) is 1.92. The van der Waals surface area contributed by atoms with Crippen LogP contribution in [0.25, 0.3) is 0 Å². The molecule has 6 nitrogen and oxygen atoms in total. The van der Waals surface area contributed by atoms with E-state index >= 15 is 0 Å². The van der Waals surface area contributed by atoms with Crippen LogP contribution in [0.1, 0.15) is 6.42 Å². The maximum Gasteiger partial charge on any atom is 0.323 e. The number of amides is 2. The average molecular weight is 288 g/mol. The summed E-state index contributed by atoms with van der Waals surface area (Å²) in [6, 6.07) is 5.83. The zero-order valence-electron chi connectivity index (χ0n) is 11.5. The van der Waals surface area contributed by atoms with Gasteiger partial charge in [0.05, 0.1) is 13.0 Å². The van der Waals surface area contributed by atoms with Crippen LogP contribution in [-0.2, 0) is 9.53 Å². The molecule has 3 N–H and O–H groups in total. The third kappa shape index (κ3) is 4.10.